The fourth-order valence-corrected chi connectivity index (χ4v) is 2.13. The van der Waals surface area contributed by atoms with Crippen molar-refractivity contribution in [3.63, 3.8) is 0 Å². The third-order valence-electron chi connectivity index (χ3n) is 3.27. The Bertz CT molecular complexity index is 390. The Hall–Kier alpha value is -1.12. The minimum Gasteiger partial charge on any atom is -0.365 e. The summed E-state index contributed by atoms with van der Waals surface area (Å²) in [6.07, 6.45) is -0.0337. The van der Waals surface area contributed by atoms with E-state index in [0.717, 1.165) is 5.69 Å². The number of benzene rings is 1. The lowest BCUT2D eigenvalue weighted by Crippen LogP contribution is -2.24. The topological polar surface area (TPSA) is 3.24 Å². The first kappa shape index (κ1) is 12.3. The second-order valence-corrected chi connectivity index (χ2v) is 5.82. The summed E-state index contributed by atoms with van der Waals surface area (Å²) >= 11 is 0. The molecule has 0 saturated carbocycles. The van der Waals surface area contributed by atoms with Crippen LogP contribution < -0.4 is 4.90 Å². The molecule has 1 saturated heterocycles. The van der Waals surface area contributed by atoms with Gasteiger partial charge in [-0.05, 0) is 23.1 Å². The molecule has 1 fully saturated rings. The zero-order chi connectivity index (χ0) is 12.7. The van der Waals surface area contributed by atoms with Crippen molar-refractivity contribution >= 4 is 5.69 Å². The molecule has 1 aromatic rings. The molecule has 0 spiro atoms. The first-order chi connectivity index (χ1) is 7.78. The number of alkyl halides is 2. The molecule has 0 atom stereocenters. The van der Waals surface area contributed by atoms with Crippen LogP contribution in [-0.2, 0) is 5.41 Å². The molecule has 2 rings (SSSR count). The molecule has 0 radical (unpaired) electrons. The van der Waals surface area contributed by atoms with Crippen molar-refractivity contribution in [2.75, 3.05) is 18.0 Å². The van der Waals surface area contributed by atoms with Gasteiger partial charge in [0.2, 0.25) is 0 Å². The second kappa shape index (κ2) is 3.97. The van der Waals surface area contributed by atoms with Crippen molar-refractivity contribution in [3.8, 4) is 0 Å². The van der Waals surface area contributed by atoms with Gasteiger partial charge in [0.1, 0.15) is 0 Å². The van der Waals surface area contributed by atoms with E-state index in [0.29, 0.717) is 6.54 Å². The van der Waals surface area contributed by atoms with Crippen LogP contribution >= 0.6 is 0 Å². The van der Waals surface area contributed by atoms with Crippen LogP contribution in [0.4, 0.5) is 14.5 Å². The van der Waals surface area contributed by atoms with E-state index in [9.17, 15) is 8.78 Å². The van der Waals surface area contributed by atoms with E-state index in [1.807, 2.05) is 24.3 Å². The Labute approximate surface area is 101 Å². The van der Waals surface area contributed by atoms with Gasteiger partial charge in [0.15, 0.2) is 0 Å². The molecule has 1 aliphatic heterocycles. The largest absolute Gasteiger partial charge is 0.365 e. The van der Waals surface area contributed by atoms with E-state index in [1.54, 1.807) is 4.90 Å². The first-order valence-corrected chi connectivity index (χ1v) is 6.01. The summed E-state index contributed by atoms with van der Waals surface area (Å²) in [6.45, 7) is 6.73. The van der Waals surface area contributed by atoms with Gasteiger partial charge in [-0.1, -0.05) is 32.9 Å². The molecule has 0 unspecified atom stereocenters. The summed E-state index contributed by atoms with van der Waals surface area (Å²) in [4.78, 5) is 1.76. The Kier molecular flexibility index (Phi) is 2.88. The third kappa shape index (κ3) is 2.76. The number of hydrogen-bond acceptors (Lipinski definition) is 1. The quantitative estimate of drug-likeness (QED) is 0.720. The van der Waals surface area contributed by atoms with E-state index < -0.39 is 5.92 Å². The molecule has 3 heteroatoms. The van der Waals surface area contributed by atoms with Crippen molar-refractivity contribution in [3.05, 3.63) is 29.8 Å². The fraction of sp³-hybridized carbons (Fsp3) is 0.571. The van der Waals surface area contributed by atoms with Crippen LogP contribution in [0.5, 0.6) is 0 Å². The van der Waals surface area contributed by atoms with E-state index in [1.165, 1.54) is 5.56 Å². The zero-order valence-electron chi connectivity index (χ0n) is 10.6. The van der Waals surface area contributed by atoms with Crippen LogP contribution in [0.2, 0.25) is 0 Å². The van der Waals surface area contributed by atoms with Crippen LogP contribution in [0.15, 0.2) is 24.3 Å². The average molecular weight is 239 g/mol. The Morgan fingerprint density at radius 2 is 1.71 bits per heavy atom. The van der Waals surface area contributed by atoms with Crippen LogP contribution in [-0.4, -0.2) is 19.0 Å². The minimum atomic E-state index is -2.53. The third-order valence-corrected chi connectivity index (χ3v) is 3.27. The Balaban J connectivity index is 2.14. The van der Waals surface area contributed by atoms with Crippen molar-refractivity contribution in [2.24, 2.45) is 0 Å². The molecule has 1 aliphatic rings. The second-order valence-electron chi connectivity index (χ2n) is 5.82. The molecule has 0 aliphatic carbocycles. The highest BCUT2D eigenvalue weighted by atomic mass is 19.3. The number of halogens is 2. The Morgan fingerprint density at radius 3 is 2.12 bits per heavy atom. The number of nitrogens with zero attached hydrogens (tertiary/aromatic N) is 1. The van der Waals surface area contributed by atoms with Crippen molar-refractivity contribution in [1.29, 1.82) is 0 Å². The van der Waals surface area contributed by atoms with Gasteiger partial charge < -0.3 is 4.90 Å². The molecule has 0 amide bonds. The van der Waals surface area contributed by atoms with E-state index in [-0.39, 0.29) is 18.4 Å². The van der Waals surface area contributed by atoms with Gasteiger partial charge in [-0.2, -0.15) is 0 Å². The summed E-state index contributed by atoms with van der Waals surface area (Å²) in [7, 11) is 0. The van der Waals surface area contributed by atoms with Gasteiger partial charge in [0, 0.05) is 18.7 Å². The number of anilines is 1. The van der Waals surface area contributed by atoms with Gasteiger partial charge >= 0.3 is 0 Å². The molecule has 17 heavy (non-hydrogen) atoms. The van der Waals surface area contributed by atoms with E-state index in [4.69, 9.17) is 0 Å². The minimum absolute atomic E-state index is 0.0337. The van der Waals surface area contributed by atoms with Gasteiger partial charge in [-0.25, -0.2) is 8.78 Å². The monoisotopic (exact) mass is 239 g/mol. The van der Waals surface area contributed by atoms with Crippen LogP contribution in [0.3, 0.4) is 0 Å². The smallest absolute Gasteiger partial charge is 0.266 e. The molecular weight excluding hydrogens is 220 g/mol. The molecule has 0 N–H and O–H groups in total. The van der Waals surface area contributed by atoms with Crippen LogP contribution in [0, 0.1) is 0 Å². The van der Waals surface area contributed by atoms with Gasteiger partial charge in [0.25, 0.3) is 5.92 Å². The molecule has 0 aromatic heterocycles. The van der Waals surface area contributed by atoms with Crippen LogP contribution in [0.1, 0.15) is 32.8 Å². The maximum absolute atomic E-state index is 13.1. The van der Waals surface area contributed by atoms with Crippen molar-refractivity contribution in [1.82, 2.24) is 0 Å². The normalized spacial score (nSPS) is 19.7. The van der Waals surface area contributed by atoms with E-state index >= 15 is 0 Å². The molecule has 94 valence electrons. The van der Waals surface area contributed by atoms with E-state index in [2.05, 4.69) is 20.8 Å². The standard InChI is InChI=1S/C14H19F2N/c1-13(2,3)11-4-6-12(7-5-11)17-9-8-14(15,16)10-17/h4-7H,8-10H2,1-3H3. The molecule has 0 bridgehead atoms. The van der Waals surface area contributed by atoms with Gasteiger partial charge in [-0.15, -0.1) is 0 Å². The SMILES string of the molecule is CC(C)(C)c1ccc(N2CCC(F)(F)C2)cc1. The highest BCUT2D eigenvalue weighted by Crippen LogP contribution is 2.32. The number of rotatable bonds is 1. The highest BCUT2D eigenvalue weighted by molar-refractivity contribution is 5.49. The van der Waals surface area contributed by atoms with Crippen molar-refractivity contribution < 1.29 is 8.78 Å². The molecule has 1 aromatic carbocycles. The fourth-order valence-electron chi connectivity index (χ4n) is 2.13. The van der Waals surface area contributed by atoms with Crippen molar-refractivity contribution in [2.45, 2.75) is 38.5 Å². The highest BCUT2D eigenvalue weighted by Gasteiger charge is 2.38. The molecule has 1 nitrogen and oxygen atoms in total. The summed E-state index contributed by atoms with van der Waals surface area (Å²) in [6, 6.07) is 7.96. The summed E-state index contributed by atoms with van der Waals surface area (Å²) in [5, 5.41) is 0. The molecule has 1 heterocycles. The predicted octanol–water partition coefficient (Wildman–Crippen LogP) is 3.83. The lowest BCUT2D eigenvalue weighted by molar-refractivity contribution is 0.0257. The maximum atomic E-state index is 13.1. The average Bonchev–Trinajstić information content (AvgIpc) is 2.58. The Morgan fingerprint density at radius 1 is 1.12 bits per heavy atom. The van der Waals surface area contributed by atoms with Crippen LogP contribution in [0.25, 0.3) is 0 Å². The zero-order valence-corrected chi connectivity index (χ0v) is 10.6. The summed E-state index contributed by atoms with van der Waals surface area (Å²) in [5.74, 6) is -2.53. The molecular formula is C14H19F2N. The maximum Gasteiger partial charge on any atom is 0.266 e. The summed E-state index contributed by atoms with van der Waals surface area (Å²) in [5.41, 5.74) is 2.23. The summed E-state index contributed by atoms with van der Waals surface area (Å²) < 4.78 is 26.2. The lowest BCUT2D eigenvalue weighted by Gasteiger charge is -2.22. The predicted molar refractivity (Wildman–Crippen MR) is 66.9 cm³/mol. The van der Waals surface area contributed by atoms with Gasteiger partial charge in [0.05, 0.1) is 6.54 Å². The lowest BCUT2D eigenvalue weighted by atomic mass is 9.87. The first-order valence-electron chi connectivity index (χ1n) is 6.01. The van der Waals surface area contributed by atoms with Gasteiger partial charge in [-0.3, -0.25) is 0 Å². The number of hydrogen-bond donors (Lipinski definition) is 0.